The number of piperidine rings is 1. The molecule has 160 valence electrons. The molecule has 1 spiro atoms. The minimum atomic E-state index is -0.290. The van der Waals surface area contributed by atoms with Gasteiger partial charge in [0.1, 0.15) is 6.61 Å². The summed E-state index contributed by atoms with van der Waals surface area (Å²) >= 11 is 0. The summed E-state index contributed by atoms with van der Waals surface area (Å²) in [7, 11) is 1.65. The number of carbonyl (C=O) groups excluding carboxylic acids is 1. The molecule has 0 bridgehead atoms. The number of hydrogen-bond donors (Lipinski definition) is 0. The molecule has 30 heavy (non-hydrogen) atoms. The minimum Gasteiger partial charge on any atom is -0.481 e. The summed E-state index contributed by atoms with van der Waals surface area (Å²) in [5.41, 5.74) is 1.78. The third-order valence-electron chi connectivity index (χ3n) is 6.05. The van der Waals surface area contributed by atoms with Crippen LogP contribution in [0.15, 0.2) is 48.7 Å². The van der Waals surface area contributed by atoms with Crippen LogP contribution in [0.5, 0.6) is 5.88 Å². The summed E-state index contributed by atoms with van der Waals surface area (Å²) in [5.74, 6) is 0.671. The van der Waals surface area contributed by atoms with Gasteiger partial charge in [-0.25, -0.2) is 9.78 Å². The van der Waals surface area contributed by atoms with Crippen LogP contribution in [0.2, 0.25) is 0 Å². The predicted molar refractivity (Wildman–Crippen MR) is 112 cm³/mol. The molecule has 2 aromatic rings. The number of hydrogen-bond acceptors (Lipinski definition) is 6. The van der Waals surface area contributed by atoms with E-state index in [2.05, 4.69) is 9.88 Å². The summed E-state index contributed by atoms with van der Waals surface area (Å²) in [4.78, 5) is 21.5. The van der Waals surface area contributed by atoms with Gasteiger partial charge in [0.25, 0.3) is 0 Å². The number of amides is 1. The van der Waals surface area contributed by atoms with E-state index in [0.29, 0.717) is 32.2 Å². The van der Waals surface area contributed by atoms with Crippen LogP contribution >= 0.6 is 0 Å². The van der Waals surface area contributed by atoms with Crippen LogP contribution in [-0.4, -0.2) is 66.4 Å². The van der Waals surface area contributed by atoms with Crippen molar-refractivity contribution in [3.63, 3.8) is 0 Å². The van der Waals surface area contributed by atoms with Crippen LogP contribution in [0, 0.1) is 0 Å². The number of pyridine rings is 1. The maximum absolute atomic E-state index is 12.9. The van der Waals surface area contributed by atoms with Crippen LogP contribution in [0.3, 0.4) is 0 Å². The normalized spacial score (nSPS) is 18.9. The van der Waals surface area contributed by atoms with Gasteiger partial charge in [0.05, 0.1) is 25.9 Å². The zero-order valence-corrected chi connectivity index (χ0v) is 17.5. The van der Waals surface area contributed by atoms with E-state index < -0.39 is 0 Å². The zero-order valence-electron chi connectivity index (χ0n) is 17.5. The Bertz CT molecular complexity index is 837. The van der Waals surface area contributed by atoms with Crippen molar-refractivity contribution in [2.45, 2.75) is 31.5 Å². The highest BCUT2D eigenvalue weighted by atomic mass is 16.6. The van der Waals surface area contributed by atoms with Crippen LogP contribution < -0.4 is 4.74 Å². The summed E-state index contributed by atoms with van der Waals surface area (Å²) in [6, 6.07) is 13.8. The molecule has 2 saturated heterocycles. The molecule has 0 saturated carbocycles. The van der Waals surface area contributed by atoms with Crippen molar-refractivity contribution >= 4 is 6.09 Å². The van der Waals surface area contributed by atoms with Crippen molar-refractivity contribution in [1.29, 1.82) is 0 Å². The average Bonchev–Trinajstić information content (AvgIpc) is 2.80. The molecule has 0 N–H and O–H groups in total. The molecule has 7 nitrogen and oxygen atoms in total. The standard InChI is InChI=1S/C23H29N3O4/c1-28-21-20(8-5-11-24-21)16-25-12-9-23(10-13-25)18-29-15-14-26(23)22(27)30-17-19-6-3-2-4-7-19/h2-8,11H,9-10,12-18H2,1H3. The summed E-state index contributed by atoms with van der Waals surface area (Å²) in [5, 5.41) is 0. The fourth-order valence-corrected chi connectivity index (χ4v) is 4.33. The number of methoxy groups -OCH3 is 1. The Hall–Kier alpha value is -2.64. The van der Waals surface area contributed by atoms with Gasteiger partial charge in [0.2, 0.25) is 5.88 Å². The lowest BCUT2D eigenvalue weighted by molar-refractivity contribution is -0.0872. The molecule has 2 aliphatic rings. The molecule has 0 atom stereocenters. The monoisotopic (exact) mass is 411 g/mol. The summed E-state index contributed by atoms with van der Waals surface area (Å²) < 4.78 is 16.8. The van der Waals surface area contributed by atoms with Gasteiger partial charge < -0.3 is 14.2 Å². The number of aromatic nitrogens is 1. The molecule has 0 unspecified atom stereocenters. The zero-order chi connectivity index (χ0) is 20.8. The molecule has 4 rings (SSSR count). The second-order valence-corrected chi connectivity index (χ2v) is 7.92. The van der Waals surface area contributed by atoms with Gasteiger partial charge in [-0.1, -0.05) is 36.4 Å². The lowest BCUT2D eigenvalue weighted by atomic mass is 9.85. The van der Waals surface area contributed by atoms with Crippen molar-refractivity contribution in [2.24, 2.45) is 0 Å². The second kappa shape index (κ2) is 9.45. The molecule has 2 aliphatic heterocycles. The number of morpholine rings is 1. The van der Waals surface area contributed by atoms with Gasteiger partial charge in [-0.15, -0.1) is 0 Å². The van der Waals surface area contributed by atoms with Crippen LogP contribution in [0.1, 0.15) is 24.0 Å². The SMILES string of the molecule is COc1ncccc1CN1CCC2(CC1)COCCN2C(=O)OCc1ccccc1. The van der Waals surface area contributed by atoms with Crippen molar-refractivity contribution in [1.82, 2.24) is 14.8 Å². The average molecular weight is 412 g/mol. The van der Waals surface area contributed by atoms with Crippen molar-refractivity contribution in [3.05, 3.63) is 59.8 Å². The molecule has 0 radical (unpaired) electrons. The fourth-order valence-electron chi connectivity index (χ4n) is 4.33. The molecular weight excluding hydrogens is 382 g/mol. The smallest absolute Gasteiger partial charge is 0.410 e. The number of likely N-dealkylation sites (tertiary alicyclic amines) is 1. The Labute approximate surface area is 177 Å². The Morgan fingerprint density at radius 2 is 1.93 bits per heavy atom. The first-order chi connectivity index (χ1) is 14.7. The van der Waals surface area contributed by atoms with E-state index in [1.807, 2.05) is 47.4 Å². The van der Waals surface area contributed by atoms with E-state index in [0.717, 1.165) is 43.6 Å². The van der Waals surface area contributed by atoms with Gasteiger partial charge in [-0.3, -0.25) is 9.80 Å². The molecule has 3 heterocycles. The molecule has 2 fully saturated rings. The van der Waals surface area contributed by atoms with E-state index >= 15 is 0 Å². The highest BCUT2D eigenvalue weighted by Gasteiger charge is 2.45. The molecule has 1 aromatic carbocycles. The molecule has 1 aromatic heterocycles. The number of carbonyl (C=O) groups is 1. The topological polar surface area (TPSA) is 64.1 Å². The van der Waals surface area contributed by atoms with E-state index in [1.54, 1.807) is 13.3 Å². The van der Waals surface area contributed by atoms with E-state index in [4.69, 9.17) is 14.2 Å². The minimum absolute atomic E-state index is 0.246. The first kappa shape index (κ1) is 20.6. The van der Waals surface area contributed by atoms with Gasteiger partial charge in [-0.2, -0.15) is 0 Å². The number of benzene rings is 1. The lowest BCUT2D eigenvalue weighted by Gasteiger charge is -2.50. The van der Waals surface area contributed by atoms with Crippen LogP contribution in [0.4, 0.5) is 4.79 Å². The fraction of sp³-hybridized carbons (Fsp3) is 0.478. The Kier molecular flexibility index (Phi) is 6.50. The first-order valence-corrected chi connectivity index (χ1v) is 10.5. The predicted octanol–water partition coefficient (Wildman–Crippen LogP) is 3.09. The van der Waals surface area contributed by atoms with Gasteiger partial charge in [0, 0.05) is 37.9 Å². The van der Waals surface area contributed by atoms with Crippen LogP contribution in [-0.2, 0) is 22.6 Å². The molecule has 7 heteroatoms. The Morgan fingerprint density at radius 1 is 1.13 bits per heavy atom. The van der Waals surface area contributed by atoms with Gasteiger partial charge in [0.15, 0.2) is 0 Å². The van der Waals surface area contributed by atoms with Crippen molar-refractivity contribution in [2.75, 3.05) is 40.0 Å². The first-order valence-electron chi connectivity index (χ1n) is 10.5. The molecule has 1 amide bonds. The maximum Gasteiger partial charge on any atom is 0.410 e. The number of rotatable bonds is 5. The quantitative estimate of drug-likeness (QED) is 0.753. The van der Waals surface area contributed by atoms with Crippen molar-refractivity contribution in [3.8, 4) is 5.88 Å². The Morgan fingerprint density at radius 3 is 2.70 bits per heavy atom. The molecular formula is C23H29N3O4. The third-order valence-corrected chi connectivity index (χ3v) is 6.05. The number of ether oxygens (including phenoxy) is 3. The highest BCUT2D eigenvalue weighted by Crippen LogP contribution is 2.33. The Balaban J connectivity index is 1.37. The van der Waals surface area contributed by atoms with Gasteiger partial charge in [-0.05, 0) is 24.5 Å². The largest absolute Gasteiger partial charge is 0.481 e. The lowest BCUT2D eigenvalue weighted by Crippen LogP contribution is -2.63. The number of nitrogens with zero attached hydrogens (tertiary/aromatic N) is 3. The van der Waals surface area contributed by atoms with Gasteiger partial charge >= 0.3 is 6.09 Å². The molecule has 0 aliphatic carbocycles. The summed E-state index contributed by atoms with van der Waals surface area (Å²) in [6.45, 7) is 4.53. The van der Waals surface area contributed by atoms with Crippen molar-refractivity contribution < 1.29 is 19.0 Å². The summed E-state index contributed by atoms with van der Waals surface area (Å²) in [6.07, 6.45) is 3.21. The third kappa shape index (κ3) is 4.57. The van der Waals surface area contributed by atoms with E-state index in [9.17, 15) is 4.79 Å². The highest BCUT2D eigenvalue weighted by molar-refractivity contribution is 5.69. The van der Waals surface area contributed by atoms with E-state index in [-0.39, 0.29) is 11.6 Å². The second-order valence-electron chi connectivity index (χ2n) is 7.92. The maximum atomic E-state index is 12.9. The van der Waals surface area contributed by atoms with Crippen LogP contribution in [0.25, 0.3) is 0 Å². The van der Waals surface area contributed by atoms with E-state index in [1.165, 1.54) is 0 Å².